The maximum absolute atomic E-state index is 11.3. The van der Waals surface area contributed by atoms with Crippen molar-refractivity contribution >= 4 is 16.0 Å². The third-order valence-electron chi connectivity index (χ3n) is 1.87. The molecule has 0 amide bonds. The molecule has 0 saturated carbocycles. The van der Waals surface area contributed by atoms with E-state index in [0.717, 1.165) is 0 Å². The Morgan fingerprint density at radius 1 is 1.35 bits per heavy atom. The number of hydrogen-bond acceptors (Lipinski definition) is 5. The molecule has 0 radical (unpaired) electrons. The first-order chi connectivity index (χ1) is 7.83. The lowest BCUT2D eigenvalue weighted by Gasteiger charge is -2.08. The number of aliphatic hydroxyl groups is 1. The Morgan fingerprint density at radius 3 is 2.53 bits per heavy atom. The van der Waals surface area contributed by atoms with E-state index in [0.29, 0.717) is 13.1 Å². The molecule has 0 rings (SSSR count). The Morgan fingerprint density at radius 2 is 2.00 bits per heavy atom. The molecule has 17 heavy (non-hydrogen) atoms. The van der Waals surface area contributed by atoms with Gasteiger partial charge in [-0.1, -0.05) is 0 Å². The number of sulfonamides is 1. The molecule has 0 spiro atoms. The maximum Gasteiger partial charge on any atom is 0.303 e. The van der Waals surface area contributed by atoms with Gasteiger partial charge in [-0.25, -0.2) is 13.1 Å². The van der Waals surface area contributed by atoms with Crippen molar-refractivity contribution in [3.63, 3.8) is 0 Å². The largest absolute Gasteiger partial charge is 0.481 e. The topological polar surface area (TPSA) is 116 Å². The molecule has 4 N–H and O–H groups in total. The quantitative estimate of drug-likeness (QED) is 0.368. The summed E-state index contributed by atoms with van der Waals surface area (Å²) in [7, 11) is -3.39. The van der Waals surface area contributed by atoms with E-state index in [9.17, 15) is 13.2 Å². The summed E-state index contributed by atoms with van der Waals surface area (Å²) in [4.78, 5) is 10.2. The Hall–Kier alpha value is -0.700. The van der Waals surface area contributed by atoms with Gasteiger partial charge in [-0.3, -0.25) is 4.79 Å². The number of rotatable bonds is 10. The number of carbonyl (C=O) groups is 1. The molecule has 0 heterocycles. The molecule has 0 saturated heterocycles. The Bertz CT molecular complexity index is 315. The molecule has 0 aromatic heterocycles. The van der Waals surface area contributed by atoms with E-state index in [1.54, 1.807) is 6.92 Å². The summed E-state index contributed by atoms with van der Waals surface area (Å²) < 4.78 is 25.0. The van der Waals surface area contributed by atoms with Crippen molar-refractivity contribution in [3.8, 4) is 0 Å². The van der Waals surface area contributed by atoms with Gasteiger partial charge < -0.3 is 15.5 Å². The monoisotopic (exact) mass is 268 g/mol. The van der Waals surface area contributed by atoms with Crippen molar-refractivity contribution in [2.45, 2.75) is 25.9 Å². The minimum atomic E-state index is -3.39. The van der Waals surface area contributed by atoms with Crippen LogP contribution in [0.5, 0.6) is 0 Å². The molecule has 0 aliphatic rings. The highest BCUT2D eigenvalue weighted by atomic mass is 32.2. The average Bonchev–Trinajstić information content (AvgIpc) is 2.15. The summed E-state index contributed by atoms with van der Waals surface area (Å²) in [5, 5.41) is 20.1. The van der Waals surface area contributed by atoms with Crippen molar-refractivity contribution < 1.29 is 23.4 Å². The van der Waals surface area contributed by atoms with Crippen LogP contribution in [0.4, 0.5) is 0 Å². The van der Waals surface area contributed by atoms with Crippen LogP contribution < -0.4 is 10.0 Å². The maximum atomic E-state index is 11.3. The van der Waals surface area contributed by atoms with E-state index < -0.39 is 22.1 Å². The summed E-state index contributed by atoms with van der Waals surface area (Å²) in [5.41, 5.74) is 0. The zero-order chi connectivity index (χ0) is 13.3. The van der Waals surface area contributed by atoms with Gasteiger partial charge in [-0.15, -0.1) is 0 Å². The second kappa shape index (κ2) is 8.40. The SMILES string of the molecule is CC(O)CNCCNS(=O)(=O)CCCC(=O)O. The van der Waals surface area contributed by atoms with Gasteiger partial charge >= 0.3 is 5.97 Å². The van der Waals surface area contributed by atoms with Gasteiger partial charge in [0.15, 0.2) is 0 Å². The van der Waals surface area contributed by atoms with Crippen LogP contribution in [0.2, 0.25) is 0 Å². The smallest absolute Gasteiger partial charge is 0.303 e. The summed E-state index contributed by atoms with van der Waals surface area (Å²) >= 11 is 0. The molecule has 0 aliphatic heterocycles. The number of aliphatic carboxylic acids is 1. The Labute approximate surface area is 101 Å². The third kappa shape index (κ3) is 11.6. The number of carboxylic acid groups (broad SMARTS) is 1. The minimum Gasteiger partial charge on any atom is -0.481 e. The first-order valence-electron chi connectivity index (χ1n) is 5.41. The first-order valence-corrected chi connectivity index (χ1v) is 7.06. The second-order valence-electron chi connectivity index (χ2n) is 3.76. The molecular formula is C9H20N2O5S. The standard InChI is InChI=1S/C9H20N2O5S/c1-8(12)7-10-4-5-11-17(15,16)6-2-3-9(13)14/h8,10-12H,2-7H2,1H3,(H,13,14). The molecule has 1 unspecified atom stereocenters. The van der Waals surface area contributed by atoms with Crippen LogP contribution in [-0.2, 0) is 14.8 Å². The van der Waals surface area contributed by atoms with Crippen LogP contribution >= 0.6 is 0 Å². The Balaban J connectivity index is 3.61. The number of carboxylic acids is 1. The molecule has 0 aliphatic carbocycles. The Kier molecular flexibility index (Phi) is 8.05. The predicted octanol–water partition coefficient (Wildman–Crippen LogP) is -1.26. The zero-order valence-electron chi connectivity index (χ0n) is 9.85. The van der Waals surface area contributed by atoms with Crippen molar-refractivity contribution in [1.29, 1.82) is 0 Å². The summed E-state index contributed by atoms with van der Waals surface area (Å²) in [5.74, 6) is -1.19. The van der Waals surface area contributed by atoms with E-state index in [4.69, 9.17) is 10.2 Å². The fourth-order valence-corrected chi connectivity index (χ4v) is 2.17. The number of aliphatic hydroxyl groups excluding tert-OH is 1. The number of nitrogens with one attached hydrogen (secondary N) is 2. The van der Waals surface area contributed by atoms with Crippen molar-refractivity contribution in [1.82, 2.24) is 10.0 Å². The van der Waals surface area contributed by atoms with Crippen LogP contribution in [-0.4, -0.2) is 56.1 Å². The van der Waals surface area contributed by atoms with Crippen molar-refractivity contribution in [3.05, 3.63) is 0 Å². The van der Waals surface area contributed by atoms with Gasteiger partial charge in [-0.2, -0.15) is 0 Å². The van der Waals surface area contributed by atoms with Crippen LogP contribution in [0.25, 0.3) is 0 Å². The lowest BCUT2D eigenvalue weighted by Crippen LogP contribution is -2.35. The average molecular weight is 268 g/mol. The second-order valence-corrected chi connectivity index (χ2v) is 5.69. The summed E-state index contributed by atoms with van der Waals surface area (Å²) in [6.07, 6.45) is -0.519. The zero-order valence-corrected chi connectivity index (χ0v) is 10.7. The van der Waals surface area contributed by atoms with E-state index in [1.807, 2.05) is 0 Å². The van der Waals surface area contributed by atoms with Gasteiger partial charge in [0.25, 0.3) is 0 Å². The third-order valence-corrected chi connectivity index (χ3v) is 3.34. The van der Waals surface area contributed by atoms with Crippen molar-refractivity contribution in [2.24, 2.45) is 0 Å². The van der Waals surface area contributed by atoms with Gasteiger partial charge in [0.1, 0.15) is 0 Å². The fraction of sp³-hybridized carbons (Fsp3) is 0.889. The van der Waals surface area contributed by atoms with E-state index in [-0.39, 0.29) is 25.1 Å². The highest BCUT2D eigenvalue weighted by molar-refractivity contribution is 7.89. The van der Waals surface area contributed by atoms with E-state index >= 15 is 0 Å². The van der Waals surface area contributed by atoms with E-state index in [1.165, 1.54) is 0 Å². The normalized spacial score (nSPS) is 13.5. The van der Waals surface area contributed by atoms with Gasteiger partial charge in [0.2, 0.25) is 10.0 Å². The van der Waals surface area contributed by atoms with Gasteiger partial charge in [0, 0.05) is 26.1 Å². The molecule has 102 valence electrons. The van der Waals surface area contributed by atoms with Crippen LogP contribution in [0.3, 0.4) is 0 Å². The summed E-state index contributed by atoms with van der Waals surface area (Å²) in [6.45, 7) is 2.68. The van der Waals surface area contributed by atoms with Crippen LogP contribution in [0, 0.1) is 0 Å². The van der Waals surface area contributed by atoms with Crippen LogP contribution in [0.1, 0.15) is 19.8 Å². The molecule has 8 heteroatoms. The molecule has 0 aromatic carbocycles. The lowest BCUT2D eigenvalue weighted by atomic mass is 10.3. The fourth-order valence-electron chi connectivity index (χ4n) is 1.09. The van der Waals surface area contributed by atoms with Gasteiger partial charge in [0.05, 0.1) is 11.9 Å². The summed E-state index contributed by atoms with van der Waals surface area (Å²) in [6, 6.07) is 0. The molecule has 0 fully saturated rings. The lowest BCUT2D eigenvalue weighted by molar-refractivity contribution is -0.137. The van der Waals surface area contributed by atoms with Crippen molar-refractivity contribution in [2.75, 3.05) is 25.4 Å². The molecule has 0 aromatic rings. The minimum absolute atomic E-state index is 0.103. The molecule has 7 nitrogen and oxygen atoms in total. The van der Waals surface area contributed by atoms with Crippen LogP contribution in [0.15, 0.2) is 0 Å². The van der Waals surface area contributed by atoms with E-state index in [2.05, 4.69) is 10.0 Å². The van der Waals surface area contributed by atoms with Gasteiger partial charge in [-0.05, 0) is 13.3 Å². The molecular weight excluding hydrogens is 248 g/mol. The number of hydrogen-bond donors (Lipinski definition) is 4. The highest BCUT2D eigenvalue weighted by Crippen LogP contribution is 1.94. The molecule has 1 atom stereocenters. The highest BCUT2D eigenvalue weighted by Gasteiger charge is 2.10. The first kappa shape index (κ1) is 16.3. The molecule has 0 bridgehead atoms. The predicted molar refractivity (Wildman–Crippen MR) is 63.2 cm³/mol.